The maximum absolute atomic E-state index is 12.4. The van der Waals surface area contributed by atoms with Crippen LogP contribution in [0.2, 0.25) is 5.15 Å². The Bertz CT molecular complexity index is 577. The lowest BCUT2D eigenvalue weighted by Gasteiger charge is -2.27. The van der Waals surface area contributed by atoms with Crippen LogP contribution in [0.15, 0.2) is 4.90 Å². The number of nitrogens with one attached hydrogen (secondary N) is 1. The highest BCUT2D eigenvalue weighted by atomic mass is 35.5. The largest absolute Gasteiger partial charge is 0.396 e. The lowest BCUT2D eigenvalue weighted by Crippen LogP contribution is -2.38. The van der Waals surface area contributed by atoms with Crippen LogP contribution in [0.25, 0.3) is 0 Å². The van der Waals surface area contributed by atoms with Gasteiger partial charge in [0, 0.05) is 19.7 Å². The normalized spacial score (nSPS) is 24.0. The Hall–Kier alpha value is -0.630. The average Bonchev–Trinajstić information content (AvgIpc) is 2.64. The Morgan fingerprint density at radius 3 is 2.45 bits per heavy atom. The van der Waals surface area contributed by atoms with E-state index in [1.165, 1.54) is 4.68 Å². The molecule has 0 amide bonds. The highest BCUT2D eigenvalue weighted by Crippen LogP contribution is 2.28. The predicted molar refractivity (Wildman–Crippen MR) is 76.1 cm³/mol. The molecule has 20 heavy (non-hydrogen) atoms. The van der Waals surface area contributed by atoms with E-state index < -0.39 is 10.0 Å². The van der Waals surface area contributed by atoms with Gasteiger partial charge in [0.1, 0.15) is 10.0 Å². The van der Waals surface area contributed by atoms with Crippen molar-refractivity contribution in [3.05, 3.63) is 10.8 Å². The molecule has 0 aliphatic heterocycles. The average molecular weight is 322 g/mol. The third kappa shape index (κ3) is 3.16. The predicted octanol–water partition coefficient (Wildman–Crippen LogP) is 1.21. The van der Waals surface area contributed by atoms with Crippen LogP contribution >= 0.6 is 11.6 Å². The second-order valence-electron chi connectivity index (χ2n) is 5.35. The van der Waals surface area contributed by atoms with Crippen molar-refractivity contribution in [3.8, 4) is 0 Å². The van der Waals surface area contributed by atoms with E-state index in [0.29, 0.717) is 11.6 Å². The maximum Gasteiger partial charge on any atom is 0.245 e. The second kappa shape index (κ2) is 6.01. The summed E-state index contributed by atoms with van der Waals surface area (Å²) in [6.07, 6.45) is 3.15. The monoisotopic (exact) mass is 321 g/mol. The molecule has 0 spiro atoms. The molecule has 1 aromatic heterocycles. The van der Waals surface area contributed by atoms with Crippen molar-refractivity contribution >= 4 is 21.6 Å². The first-order valence-electron chi connectivity index (χ1n) is 6.67. The Kier molecular flexibility index (Phi) is 4.73. The van der Waals surface area contributed by atoms with Gasteiger partial charge in [-0.15, -0.1) is 0 Å². The molecule has 0 radical (unpaired) electrons. The number of nitrogens with zero attached hydrogens (tertiary/aromatic N) is 2. The third-order valence-electron chi connectivity index (χ3n) is 3.80. The van der Waals surface area contributed by atoms with E-state index in [4.69, 9.17) is 16.7 Å². The van der Waals surface area contributed by atoms with Crippen LogP contribution in [0.1, 0.15) is 31.4 Å². The molecule has 1 saturated carbocycles. The van der Waals surface area contributed by atoms with Gasteiger partial charge in [-0.1, -0.05) is 11.6 Å². The standard InChI is InChI=1S/C12H20ClN3O3S/c1-8-11(12(13)16(2)14-8)20(18,19)15-10-5-3-9(7-17)4-6-10/h9-10,15,17H,3-7H2,1-2H3. The fourth-order valence-electron chi connectivity index (χ4n) is 2.66. The number of sulfonamides is 1. The molecular formula is C12H20ClN3O3S. The van der Waals surface area contributed by atoms with Crippen molar-refractivity contribution in [2.75, 3.05) is 6.61 Å². The molecule has 6 nitrogen and oxygen atoms in total. The number of hydrogen-bond acceptors (Lipinski definition) is 4. The summed E-state index contributed by atoms with van der Waals surface area (Å²) in [5.74, 6) is 0.291. The molecule has 0 aromatic carbocycles. The van der Waals surface area contributed by atoms with Gasteiger partial charge in [-0.3, -0.25) is 4.68 Å². The maximum atomic E-state index is 12.4. The van der Waals surface area contributed by atoms with Gasteiger partial charge in [0.25, 0.3) is 0 Å². The van der Waals surface area contributed by atoms with E-state index in [9.17, 15) is 8.42 Å². The van der Waals surface area contributed by atoms with E-state index in [0.717, 1.165) is 25.7 Å². The summed E-state index contributed by atoms with van der Waals surface area (Å²) >= 11 is 6.01. The lowest BCUT2D eigenvalue weighted by atomic mass is 9.87. The second-order valence-corrected chi connectivity index (χ2v) is 7.36. The molecule has 1 heterocycles. The number of aromatic nitrogens is 2. The molecular weight excluding hydrogens is 302 g/mol. The molecule has 1 aliphatic carbocycles. The zero-order valence-electron chi connectivity index (χ0n) is 11.6. The summed E-state index contributed by atoms with van der Waals surface area (Å²) in [7, 11) is -2.04. The first-order chi connectivity index (χ1) is 9.35. The van der Waals surface area contributed by atoms with Crippen LogP contribution in [0.4, 0.5) is 0 Å². The molecule has 0 bridgehead atoms. The third-order valence-corrected chi connectivity index (χ3v) is 6.01. The van der Waals surface area contributed by atoms with Crippen molar-refractivity contribution < 1.29 is 13.5 Å². The summed E-state index contributed by atoms with van der Waals surface area (Å²) in [6, 6.07) is -0.0986. The van der Waals surface area contributed by atoms with Crippen LogP contribution in [0.5, 0.6) is 0 Å². The Labute approximate surface area is 124 Å². The SMILES string of the molecule is Cc1nn(C)c(Cl)c1S(=O)(=O)NC1CCC(CO)CC1. The molecule has 0 saturated heterocycles. The molecule has 114 valence electrons. The van der Waals surface area contributed by atoms with Gasteiger partial charge in [-0.25, -0.2) is 13.1 Å². The number of hydrogen-bond donors (Lipinski definition) is 2. The quantitative estimate of drug-likeness (QED) is 0.873. The minimum Gasteiger partial charge on any atom is -0.396 e. The molecule has 8 heteroatoms. The van der Waals surface area contributed by atoms with Gasteiger partial charge in [-0.2, -0.15) is 5.10 Å². The molecule has 0 atom stereocenters. The van der Waals surface area contributed by atoms with Crippen molar-refractivity contribution in [1.29, 1.82) is 0 Å². The fourth-order valence-corrected chi connectivity index (χ4v) is 4.71. The van der Waals surface area contributed by atoms with Crippen molar-refractivity contribution in [1.82, 2.24) is 14.5 Å². The van der Waals surface area contributed by atoms with Gasteiger partial charge >= 0.3 is 0 Å². The molecule has 1 aliphatic rings. The Balaban J connectivity index is 2.12. The van der Waals surface area contributed by atoms with Crippen molar-refractivity contribution in [3.63, 3.8) is 0 Å². The number of halogens is 1. The van der Waals surface area contributed by atoms with Crippen LogP contribution in [-0.2, 0) is 17.1 Å². The summed E-state index contributed by atoms with van der Waals surface area (Å²) < 4.78 is 28.9. The molecule has 1 aromatic rings. The summed E-state index contributed by atoms with van der Waals surface area (Å²) in [5.41, 5.74) is 0.397. The van der Waals surface area contributed by atoms with Crippen molar-refractivity contribution in [2.24, 2.45) is 13.0 Å². The van der Waals surface area contributed by atoms with Gasteiger partial charge in [-0.05, 0) is 38.5 Å². The molecule has 2 N–H and O–H groups in total. The highest BCUT2D eigenvalue weighted by Gasteiger charge is 2.29. The fraction of sp³-hybridized carbons (Fsp3) is 0.750. The number of aliphatic hydroxyl groups is 1. The number of rotatable bonds is 4. The van der Waals surface area contributed by atoms with Crippen LogP contribution in [0, 0.1) is 12.8 Å². The van der Waals surface area contributed by atoms with Gasteiger partial charge in [0.05, 0.1) is 5.69 Å². The smallest absolute Gasteiger partial charge is 0.245 e. The summed E-state index contributed by atoms with van der Waals surface area (Å²) in [5, 5.41) is 13.2. The van der Waals surface area contributed by atoms with Gasteiger partial charge in [0.2, 0.25) is 10.0 Å². The molecule has 0 unspecified atom stereocenters. The van der Waals surface area contributed by atoms with Crippen LogP contribution in [0.3, 0.4) is 0 Å². The van der Waals surface area contributed by atoms with E-state index >= 15 is 0 Å². The molecule has 1 fully saturated rings. The minimum absolute atomic E-state index is 0.0611. The van der Waals surface area contributed by atoms with Crippen LogP contribution < -0.4 is 4.72 Å². The van der Waals surface area contributed by atoms with Gasteiger partial charge < -0.3 is 5.11 Å². The summed E-state index contributed by atoms with van der Waals surface area (Å²) in [4.78, 5) is 0.0611. The topological polar surface area (TPSA) is 84.2 Å². The Morgan fingerprint density at radius 2 is 2.00 bits per heavy atom. The van der Waals surface area contributed by atoms with E-state index in [1.807, 2.05) is 0 Å². The molecule has 2 rings (SSSR count). The first kappa shape index (κ1) is 15.8. The zero-order valence-corrected chi connectivity index (χ0v) is 13.2. The lowest BCUT2D eigenvalue weighted by molar-refractivity contribution is 0.180. The van der Waals surface area contributed by atoms with E-state index in [-0.39, 0.29) is 22.7 Å². The van der Waals surface area contributed by atoms with E-state index in [1.54, 1.807) is 14.0 Å². The number of aliphatic hydroxyl groups excluding tert-OH is 1. The highest BCUT2D eigenvalue weighted by molar-refractivity contribution is 7.89. The van der Waals surface area contributed by atoms with E-state index in [2.05, 4.69) is 9.82 Å². The Morgan fingerprint density at radius 1 is 1.40 bits per heavy atom. The van der Waals surface area contributed by atoms with Crippen molar-refractivity contribution in [2.45, 2.75) is 43.5 Å². The zero-order chi connectivity index (χ0) is 14.9. The first-order valence-corrected chi connectivity index (χ1v) is 8.53. The minimum atomic E-state index is -3.65. The van der Waals surface area contributed by atoms with Gasteiger partial charge in [0.15, 0.2) is 0 Å². The number of aryl methyl sites for hydroxylation is 2. The summed E-state index contributed by atoms with van der Waals surface area (Å²) in [6.45, 7) is 1.80. The van der Waals surface area contributed by atoms with Crippen LogP contribution in [-0.4, -0.2) is 36.0 Å².